The molecule has 0 radical (unpaired) electrons. The summed E-state index contributed by atoms with van der Waals surface area (Å²) in [4.78, 5) is 47.3. The lowest BCUT2D eigenvalue weighted by molar-refractivity contribution is -0.147. The van der Waals surface area contributed by atoms with Crippen LogP contribution in [0.15, 0.2) is 91.0 Å². The first-order chi connectivity index (χ1) is 25.5. The number of sulfonamides is 1. The third-order valence-corrected chi connectivity index (χ3v) is 10.7. The second-order valence-corrected chi connectivity index (χ2v) is 15.8. The fourth-order valence-electron chi connectivity index (χ4n) is 7.14. The highest BCUT2D eigenvalue weighted by Crippen LogP contribution is 2.47. The molecule has 278 valence electrons. The Labute approximate surface area is 319 Å². The van der Waals surface area contributed by atoms with E-state index in [2.05, 4.69) is 15.0 Å². The summed E-state index contributed by atoms with van der Waals surface area (Å²) >= 11 is 13.1. The van der Waals surface area contributed by atoms with Crippen LogP contribution in [0.5, 0.6) is 5.88 Å². The second kappa shape index (κ2) is 17.1. The van der Waals surface area contributed by atoms with Crippen LogP contribution < -0.4 is 14.8 Å². The van der Waals surface area contributed by atoms with E-state index in [1.807, 2.05) is 30.3 Å². The van der Waals surface area contributed by atoms with Crippen LogP contribution in [0, 0.1) is 0 Å². The zero-order valence-corrected chi connectivity index (χ0v) is 31.4. The number of rotatable bonds is 13. The molecule has 4 atom stereocenters. The van der Waals surface area contributed by atoms with Crippen molar-refractivity contribution in [2.75, 3.05) is 19.4 Å². The molecule has 1 aromatic heterocycles. The highest BCUT2D eigenvalue weighted by Gasteiger charge is 2.49. The molecule has 1 aliphatic heterocycles. The van der Waals surface area contributed by atoms with E-state index in [4.69, 9.17) is 32.7 Å². The van der Waals surface area contributed by atoms with Gasteiger partial charge in [0.1, 0.15) is 6.61 Å². The third-order valence-electron chi connectivity index (χ3n) is 9.43. The SMILES string of the molecule is CS(=O)(=O)NC1CCCCC1N1C(=O)c2ccccc2C(C(=O)NCCc2cccc(OCC(=O)OCc3ccccc3)n2)C1c1ccc(Cl)cc1Cl. The zero-order valence-electron chi connectivity index (χ0n) is 29.0. The number of halogens is 2. The molecule has 2 aliphatic rings. The van der Waals surface area contributed by atoms with Crippen molar-refractivity contribution < 1.29 is 32.3 Å². The summed E-state index contributed by atoms with van der Waals surface area (Å²) in [5, 5.41) is 3.73. The van der Waals surface area contributed by atoms with Gasteiger partial charge in [-0.2, -0.15) is 0 Å². The minimum Gasteiger partial charge on any atom is -0.466 e. The first kappa shape index (κ1) is 38.2. The normalized spacial score (nSPS) is 20.0. The Morgan fingerprint density at radius 2 is 1.68 bits per heavy atom. The first-order valence-corrected chi connectivity index (χ1v) is 20.0. The number of hydrogen-bond acceptors (Lipinski definition) is 8. The molecule has 11 nitrogen and oxygen atoms in total. The number of amides is 2. The highest BCUT2D eigenvalue weighted by molar-refractivity contribution is 7.88. The highest BCUT2D eigenvalue weighted by atomic mass is 35.5. The number of aromatic nitrogens is 1. The van der Waals surface area contributed by atoms with Crippen molar-refractivity contribution in [3.8, 4) is 5.88 Å². The number of benzene rings is 3. The van der Waals surface area contributed by atoms with Crippen LogP contribution in [0.25, 0.3) is 0 Å². The van der Waals surface area contributed by atoms with Crippen LogP contribution in [0.4, 0.5) is 0 Å². The van der Waals surface area contributed by atoms with Crippen molar-refractivity contribution >= 4 is 51.0 Å². The van der Waals surface area contributed by atoms with E-state index in [0.29, 0.717) is 46.7 Å². The van der Waals surface area contributed by atoms with Crippen LogP contribution in [0.2, 0.25) is 10.0 Å². The lowest BCUT2D eigenvalue weighted by Gasteiger charge is -2.49. The largest absolute Gasteiger partial charge is 0.466 e. The van der Waals surface area contributed by atoms with E-state index in [1.54, 1.807) is 65.6 Å². The minimum atomic E-state index is -3.61. The first-order valence-electron chi connectivity index (χ1n) is 17.4. The molecule has 14 heteroatoms. The molecule has 4 aromatic rings. The molecule has 1 fully saturated rings. The molecule has 3 aromatic carbocycles. The van der Waals surface area contributed by atoms with E-state index < -0.39 is 40.0 Å². The van der Waals surface area contributed by atoms with Crippen LogP contribution in [0.3, 0.4) is 0 Å². The van der Waals surface area contributed by atoms with E-state index in [9.17, 15) is 22.8 Å². The van der Waals surface area contributed by atoms with Crippen LogP contribution in [0.1, 0.15) is 70.4 Å². The summed E-state index contributed by atoms with van der Waals surface area (Å²) in [6.45, 7) is 0.0216. The smallest absolute Gasteiger partial charge is 0.344 e. The Kier molecular flexibility index (Phi) is 12.3. The molecule has 1 aliphatic carbocycles. The van der Waals surface area contributed by atoms with Crippen molar-refractivity contribution in [1.29, 1.82) is 0 Å². The Balaban J connectivity index is 1.22. The number of esters is 1. The van der Waals surface area contributed by atoms with Crippen molar-refractivity contribution in [2.45, 2.75) is 62.8 Å². The van der Waals surface area contributed by atoms with E-state index >= 15 is 0 Å². The topological polar surface area (TPSA) is 144 Å². The number of hydrogen-bond donors (Lipinski definition) is 2. The average molecular weight is 780 g/mol. The van der Waals surface area contributed by atoms with Gasteiger partial charge in [-0.3, -0.25) is 9.59 Å². The van der Waals surface area contributed by atoms with Gasteiger partial charge in [0, 0.05) is 52.4 Å². The molecule has 4 unspecified atom stereocenters. The molecule has 1 saturated carbocycles. The maximum absolute atomic E-state index is 14.5. The quantitative estimate of drug-likeness (QED) is 0.157. The summed E-state index contributed by atoms with van der Waals surface area (Å²) in [7, 11) is -3.61. The number of nitrogens with zero attached hydrogens (tertiary/aromatic N) is 2. The van der Waals surface area contributed by atoms with Crippen molar-refractivity contribution in [2.24, 2.45) is 0 Å². The minimum absolute atomic E-state index is 0.136. The van der Waals surface area contributed by atoms with E-state index in [1.165, 1.54) is 0 Å². The third kappa shape index (κ3) is 9.55. The maximum Gasteiger partial charge on any atom is 0.344 e. The van der Waals surface area contributed by atoms with Gasteiger partial charge in [0.05, 0.1) is 18.2 Å². The van der Waals surface area contributed by atoms with Gasteiger partial charge in [-0.15, -0.1) is 0 Å². The number of ether oxygens (including phenoxy) is 2. The summed E-state index contributed by atoms with van der Waals surface area (Å²) in [6, 6.07) is 24.5. The molecule has 6 rings (SSSR count). The van der Waals surface area contributed by atoms with Crippen molar-refractivity contribution in [3.63, 3.8) is 0 Å². The molecule has 2 amide bonds. The molecular weight excluding hydrogens is 739 g/mol. The van der Waals surface area contributed by atoms with Crippen LogP contribution in [-0.2, 0) is 37.4 Å². The van der Waals surface area contributed by atoms with Gasteiger partial charge in [0.2, 0.25) is 21.8 Å². The van der Waals surface area contributed by atoms with Gasteiger partial charge < -0.3 is 19.7 Å². The fraction of sp³-hybridized carbons (Fsp3) is 0.333. The molecule has 0 spiro atoms. The van der Waals surface area contributed by atoms with Crippen molar-refractivity contribution in [3.05, 3.63) is 129 Å². The predicted octanol–water partition coefficient (Wildman–Crippen LogP) is 6.01. The van der Waals surface area contributed by atoms with E-state index in [-0.39, 0.29) is 42.5 Å². The maximum atomic E-state index is 14.5. The lowest BCUT2D eigenvalue weighted by Crippen LogP contribution is -2.59. The van der Waals surface area contributed by atoms with Gasteiger partial charge in [-0.25, -0.2) is 22.9 Å². The monoisotopic (exact) mass is 778 g/mol. The molecule has 2 N–H and O–H groups in total. The van der Waals surface area contributed by atoms with Gasteiger partial charge in [0.15, 0.2) is 6.61 Å². The van der Waals surface area contributed by atoms with Gasteiger partial charge in [-0.1, -0.05) is 96.7 Å². The Morgan fingerprint density at radius 3 is 2.45 bits per heavy atom. The van der Waals surface area contributed by atoms with Crippen molar-refractivity contribution in [1.82, 2.24) is 19.9 Å². The average Bonchev–Trinajstić information content (AvgIpc) is 3.13. The Bertz CT molecular complexity index is 2070. The Hall–Kier alpha value is -4.49. The number of carbonyl (C=O) groups is 3. The molecule has 0 saturated heterocycles. The molecular formula is C39H40Cl2N4O7S. The fourth-order valence-corrected chi connectivity index (χ4v) is 8.49. The number of carbonyl (C=O) groups excluding carboxylic acids is 3. The number of nitrogens with one attached hydrogen (secondary N) is 2. The number of fused-ring (bicyclic) bond motifs is 1. The Morgan fingerprint density at radius 1 is 0.925 bits per heavy atom. The standard InChI is InChI=1S/C39H40Cl2N4O7S/c1-53(49,50)44-32-15-7-8-16-33(32)45-37(30-19-18-26(40)22-31(30)41)36(28-13-5-6-14-29(28)39(45)48)38(47)42-21-20-27-12-9-17-34(43-27)51-24-35(46)52-23-25-10-3-2-4-11-25/h2-6,9-14,17-19,22,32-33,36-37,44H,7-8,15-16,20-21,23-24H2,1H3,(H,42,47). The molecule has 53 heavy (non-hydrogen) atoms. The number of pyridine rings is 1. The van der Waals surface area contributed by atoms with Gasteiger partial charge in [-0.05, 0) is 53.8 Å². The predicted molar refractivity (Wildman–Crippen MR) is 201 cm³/mol. The van der Waals surface area contributed by atoms with Gasteiger partial charge >= 0.3 is 5.97 Å². The van der Waals surface area contributed by atoms with Crippen LogP contribution in [-0.4, -0.2) is 67.6 Å². The lowest BCUT2D eigenvalue weighted by atomic mass is 9.76. The molecule has 0 bridgehead atoms. The summed E-state index contributed by atoms with van der Waals surface area (Å²) in [5.74, 6) is -1.84. The summed E-state index contributed by atoms with van der Waals surface area (Å²) in [6.07, 6.45) is 4.08. The zero-order chi connectivity index (χ0) is 37.5. The van der Waals surface area contributed by atoms with E-state index in [0.717, 1.165) is 24.7 Å². The summed E-state index contributed by atoms with van der Waals surface area (Å²) < 4.78 is 38.6. The summed E-state index contributed by atoms with van der Waals surface area (Å²) in [5.41, 5.74) is 2.92. The second-order valence-electron chi connectivity index (χ2n) is 13.2. The van der Waals surface area contributed by atoms with Crippen LogP contribution >= 0.6 is 23.2 Å². The molecule has 2 heterocycles. The van der Waals surface area contributed by atoms with Gasteiger partial charge in [0.25, 0.3) is 5.91 Å².